The zero-order chi connectivity index (χ0) is 13.3. The molecule has 0 radical (unpaired) electrons. The van der Waals surface area contributed by atoms with E-state index in [1.807, 2.05) is 0 Å². The molecular weight excluding hydrogens is 277 g/mol. The molecule has 0 spiro atoms. The third-order valence-electron chi connectivity index (χ3n) is 2.45. The molecule has 0 saturated carbocycles. The van der Waals surface area contributed by atoms with Gasteiger partial charge in [0.25, 0.3) is 0 Å². The van der Waals surface area contributed by atoms with E-state index in [2.05, 4.69) is 5.10 Å². The molecule has 0 fully saturated rings. The highest BCUT2D eigenvalue weighted by Crippen LogP contribution is 2.31. The maximum atomic E-state index is 11.0. The van der Waals surface area contributed by atoms with Crippen LogP contribution in [-0.4, -0.2) is 14.7 Å². The lowest BCUT2D eigenvalue weighted by Crippen LogP contribution is -1.97. The Morgan fingerprint density at radius 1 is 1.44 bits per heavy atom. The maximum absolute atomic E-state index is 11.0. The van der Waals surface area contributed by atoms with Crippen molar-refractivity contribution in [3.05, 3.63) is 50.2 Å². The minimum Gasteiger partial charge on any atom is -0.258 e. The minimum absolute atomic E-state index is 0.0147. The second-order valence-corrected chi connectivity index (χ2v) is 4.38. The summed E-state index contributed by atoms with van der Waals surface area (Å²) in [7, 11) is 0. The van der Waals surface area contributed by atoms with Gasteiger partial charge >= 0.3 is 5.69 Å². The molecule has 94 valence electrons. The van der Waals surface area contributed by atoms with E-state index in [4.69, 9.17) is 23.2 Å². The molecule has 0 saturated heterocycles. The van der Waals surface area contributed by atoms with Crippen molar-refractivity contribution in [2.75, 3.05) is 0 Å². The summed E-state index contributed by atoms with van der Waals surface area (Å²) in [5.74, 6) is 0. The van der Waals surface area contributed by atoms with Gasteiger partial charge < -0.3 is 0 Å². The first-order valence-corrected chi connectivity index (χ1v) is 5.98. The van der Waals surface area contributed by atoms with Gasteiger partial charge in [-0.1, -0.05) is 36.2 Å². The van der Waals surface area contributed by atoms with Crippen molar-refractivity contribution in [1.29, 1.82) is 0 Å². The Morgan fingerprint density at radius 3 is 2.67 bits per heavy atom. The van der Waals surface area contributed by atoms with E-state index in [1.165, 1.54) is 4.68 Å². The number of aryl methyl sites for hydroxylation is 1. The highest BCUT2D eigenvalue weighted by Gasteiger charge is 2.26. The molecule has 0 aliphatic rings. The van der Waals surface area contributed by atoms with Gasteiger partial charge in [0, 0.05) is 5.02 Å². The smallest absolute Gasteiger partial charge is 0.258 e. The van der Waals surface area contributed by atoms with Crippen LogP contribution >= 0.6 is 23.2 Å². The molecule has 0 amide bonds. The van der Waals surface area contributed by atoms with Crippen LogP contribution in [0.25, 0.3) is 5.69 Å². The SMILES string of the molecule is CCc1nn(-c2cccc(Cl)c2)c(Cl)c1[N+](=O)[O-]. The van der Waals surface area contributed by atoms with Crippen molar-refractivity contribution in [1.82, 2.24) is 9.78 Å². The molecule has 0 unspecified atom stereocenters. The maximum Gasteiger partial charge on any atom is 0.329 e. The van der Waals surface area contributed by atoms with Gasteiger partial charge in [0.1, 0.15) is 5.69 Å². The van der Waals surface area contributed by atoms with E-state index in [-0.39, 0.29) is 10.8 Å². The highest BCUT2D eigenvalue weighted by molar-refractivity contribution is 6.32. The molecule has 0 aliphatic heterocycles. The first-order chi connectivity index (χ1) is 8.54. The average Bonchev–Trinajstić information content (AvgIpc) is 2.66. The Bertz CT molecular complexity index is 610. The van der Waals surface area contributed by atoms with Crippen molar-refractivity contribution in [2.45, 2.75) is 13.3 Å². The van der Waals surface area contributed by atoms with Crippen molar-refractivity contribution in [2.24, 2.45) is 0 Å². The molecule has 2 aromatic rings. The van der Waals surface area contributed by atoms with Gasteiger partial charge in [0.2, 0.25) is 5.15 Å². The normalized spacial score (nSPS) is 10.6. The summed E-state index contributed by atoms with van der Waals surface area (Å²) in [6.07, 6.45) is 0.434. The Hall–Kier alpha value is -1.59. The lowest BCUT2D eigenvalue weighted by atomic mass is 10.3. The first-order valence-electron chi connectivity index (χ1n) is 5.22. The van der Waals surface area contributed by atoms with E-state index < -0.39 is 4.92 Å². The number of rotatable bonds is 3. The zero-order valence-electron chi connectivity index (χ0n) is 9.43. The number of nitro groups is 1. The molecule has 18 heavy (non-hydrogen) atoms. The summed E-state index contributed by atoms with van der Waals surface area (Å²) < 4.78 is 1.32. The van der Waals surface area contributed by atoms with Gasteiger partial charge in [-0.25, -0.2) is 4.68 Å². The molecule has 7 heteroatoms. The third-order valence-corrected chi connectivity index (χ3v) is 3.02. The van der Waals surface area contributed by atoms with Crippen LogP contribution < -0.4 is 0 Å². The van der Waals surface area contributed by atoms with Gasteiger partial charge in [-0.05, 0) is 24.6 Å². The number of halogens is 2. The van der Waals surface area contributed by atoms with Gasteiger partial charge in [0.05, 0.1) is 10.6 Å². The molecule has 0 atom stereocenters. The topological polar surface area (TPSA) is 61.0 Å². The molecule has 0 bridgehead atoms. The van der Waals surface area contributed by atoms with Crippen LogP contribution in [0.4, 0.5) is 5.69 Å². The van der Waals surface area contributed by atoms with Gasteiger partial charge in [-0.2, -0.15) is 5.10 Å². The van der Waals surface area contributed by atoms with Crippen LogP contribution in [0.5, 0.6) is 0 Å². The number of benzene rings is 1. The van der Waals surface area contributed by atoms with Crippen LogP contribution in [0.1, 0.15) is 12.6 Å². The van der Waals surface area contributed by atoms with Gasteiger partial charge in [0.15, 0.2) is 0 Å². The van der Waals surface area contributed by atoms with Crippen LogP contribution in [0.3, 0.4) is 0 Å². The summed E-state index contributed by atoms with van der Waals surface area (Å²) in [6, 6.07) is 6.81. The van der Waals surface area contributed by atoms with Crippen LogP contribution in [0.15, 0.2) is 24.3 Å². The third kappa shape index (κ3) is 2.19. The standard InChI is InChI=1S/C11H9Cl2N3O2/c1-2-9-10(16(17)18)11(13)15(14-9)8-5-3-4-7(12)6-8/h3-6H,2H2,1H3. The molecule has 1 heterocycles. The molecule has 5 nitrogen and oxygen atoms in total. The van der Waals surface area contributed by atoms with Crippen LogP contribution in [-0.2, 0) is 6.42 Å². The number of hydrogen-bond acceptors (Lipinski definition) is 3. The summed E-state index contributed by atoms with van der Waals surface area (Å²) >= 11 is 11.9. The second-order valence-electron chi connectivity index (χ2n) is 3.59. The van der Waals surface area contributed by atoms with Crippen molar-refractivity contribution in [3.8, 4) is 5.69 Å². The Labute approximate surface area is 113 Å². The fourth-order valence-corrected chi connectivity index (χ4v) is 2.13. The summed E-state index contributed by atoms with van der Waals surface area (Å²) in [4.78, 5) is 10.4. The Kier molecular flexibility index (Phi) is 3.54. The predicted octanol–water partition coefficient (Wildman–Crippen LogP) is 3.65. The zero-order valence-corrected chi connectivity index (χ0v) is 10.9. The lowest BCUT2D eigenvalue weighted by Gasteiger charge is -2.02. The number of nitrogens with zero attached hydrogens (tertiary/aromatic N) is 3. The van der Waals surface area contributed by atoms with Crippen molar-refractivity contribution < 1.29 is 4.92 Å². The quantitative estimate of drug-likeness (QED) is 0.639. The van der Waals surface area contributed by atoms with Crippen LogP contribution in [0.2, 0.25) is 10.2 Å². The van der Waals surface area contributed by atoms with Gasteiger partial charge in [-0.3, -0.25) is 10.1 Å². The summed E-state index contributed by atoms with van der Waals surface area (Å²) in [6.45, 7) is 1.79. The van der Waals surface area contributed by atoms with Crippen molar-refractivity contribution in [3.63, 3.8) is 0 Å². The fourth-order valence-electron chi connectivity index (χ4n) is 1.63. The minimum atomic E-state index is -0.519. The largest absolute Gasteiger partial charge is 0.329 e. The fraction of sp³-hybridized carbons (Fsp3) is 0.182. The van der Waals surface area contributed by atoms with Crippen LogP contribution in [0, 0.1) is 10.1 Å². The molecular formula is C11H9Cl2N3O2. The average molecular weight is 286 g/mol. The molecule has 1 aromatic carbocycles. The first kappa shape index (κ1) is 12.9. The predicted molar refractivity (Wildman–Crippen MR) is 69.6 cm³/mol. The molecule has 1 aromatic heterocycles. The van der Waals surface area contributed by atoms with E-state index in [0.717, 1.165) is 0 Å². The molecule has 0 N–H and O–H groups in total. The molecule has 0 aliphatic carbocycles. The lowest BCUT2D eigenvalue weighted by molar-refractivity contribution is -0.385. The Morgan fingerprint density at radius 2 is 2.17 bits per heavy atom. The van der Waals surface area contributed by atoms with E-state index in [0.29, 0.717) is 22.8 Å². The number of aromatic nitrogens is 2. The Balaban J connectivity index is 2.63. The van der Waals surface area contributed by atoms with Gasteiger partial charge in [-0.15, -0.1) is 0 Å². The summed E-state index contributed by atoms with van der Waals surface area (Å²) in [5.41, 5.74) is 0.791. The monoisotopic (exact) mass is 285 g/mol. The second kappa shape index (κ2) is 4.96. The summed E-state index contributed by atoms with van der Waals surface area (Å²) in [5, 5.41) is 15.6. The number of hydrogen-bond donors (Lipinski definition) is 0. The van der Waals surface area contributed by atoms with Crippen molar-refractivity contribution >= 4 is 28.9 Å². The highest BCUT2D eigenvalue weighted by atomic mass is 35.5. The van der Waals surface area contributed by atoms with E-state index in [1.54, 1.807) is 31.2 Å². The van der Waals surface area contributed by atoms with E-state index >= 15 is 0 Å². The van der Waals surface area contributed by atoms with E-state index in [9.17, 15) is 10.1 Å². The molecule has 2 rings (SSSR count).